The van der Waals surface area contributed by atoms with Crippen molar-refractivity contribution in [2.45, 2.75) is 32.4 Å². The Morgan fingerprint density at radius 2 is 1.71 bits per heavy atom. The Bertz CT molecular complexity index is 1290. The first kappa shape index (κ1) is 25.5. The smallest absolute Gasteiger partial charge is 0.419 e. The van der Waals surface area contributed by atoms with E-state index in [4.69, 9.17) is 33.0 Å². The zero-order valence-corrected chi connectivity index (χ0v) is 19.7. The molecule has 1 aromatic heterocycles. The van der Waals surface area contributed by atoms with Gasteiger partial charge in [-0.1, -0.05) is 55.2 Å². The van der Waals surface area contributed by atoms with Crippen LogP contribution in [0.3, 0.4) is 0 Å². The number of amides is 1. The van der Waals surface area contributed by atoms with Gasteiger partial charge in [-0.15, -0.1) is 0 Å². The van der Waals surface area contributed by atoms with Crippen molar-refractivity contribution < 1.29 is 33.4 Å². The van der Waals surface area contributed by atoms with Crippen LogP contribution in [-0.4, -0.2) is 52.2 Å². The lowest BCUT2D eigenvalue weighted by Gasteiger charge is -2.23. The van der Waals surface area contributed by atoms with Crippen LogP contribution in [0.2, 0.25) is 10.0 Å². The first-order valence-corrected chi connectivity index (χ1v) is 11.0. The molecule has 0 saturated carbocycles. The summed E-state index contributed by atoms with van der Waals surface area (Å²) >= 11 is 12.3. The van der Waals surface area contributed by atoms with Crippen LogP contribution in [0.15, 0.2) is 36.4 Å². The number of fused-ring (bicyclic) bond motifs is 3. The number of ketones is 1. The molecule has 0 fully saturated rings. The quantitative estimate of drug-likeness (QED) is 0.457. The summed E-state index contributed by atoms with van der Waals surface area (Å²) in [6.07, 6.45) is -3.10. The first-order chi connectivity index (χ1) is 16.0. The molecule has 0 aliphatic rings. The molecule has 1 amide bonds. The number of Topliss-reactive ketones (excluding diaryl/α,β-unsaturated/α-hetero) is 1. The molecule has 3 rings (SSSR count). The number of nitrogens with one attached hydrogen (secondary N) is 1. The second kappa shape index (κ2) is 10.4. The fourth-order valence-electron chi connectivity index (χ4n) is 3.58. The van der Waals surface area contributed by atoms with Crippen LogP contribution < -0.4 is 5.32 Å². The van der Waals surface area contributed by atoms with Crippen LogP contribution >= 0.6 is 23.2 Å². The van der Waals surface area contributed by atoms with E-state index in [0.717, 1.165) is 0 Å². The number of aromatic nitrogens is 1. The summed E-state index contributed by atoms with van der Waals surface area (Å²) in [6.45, 7) is 1.75. The molecule has 1 unspecified atom stereocenters. The van der Waals surface area contributed by atoms with Crippen molar-refractivity contribution in [1.82, 2.24) is 9.88 Å². The first-order valence-electron chi connectivity index (χ1n) is 10.2. The van der Waals surface area contributed by atoms with Crippen molar-refractivity contribution in [1.29, 1.82) is 0 Å². The second-order valence-electron chi connectivity index (χ2n) is 7.94. The highest BCUT2D eigenvalue weighted by molar-refractivity contribution is 6.43. The highest BCUT2D eigenvalue weighted by Gasteiger charge is 2.32. The van der Waals surface area contributed by atoms with Gasteiger partial charge in [-0.2, -0.15) is 0 Å². The normalized spacial score (nSPS) is 13.1. The average molecular weight is 511 g/mol. The van der Waals surface area contributed by atoms with Gasteiger partial charge in [0.15, 0.2) is 11.9 Å². The van der Waals surface area contributed by atoms with E-state index < -0.39 is 54.9 Å². The van der Waals surface area contributed by atoms with Gasteiger partial charge in [0, 0.05) is 10.8 Å². The van der Waals surface area contributed by atoms with Gasteiger partial charge in [-0.3, -0.25) is 14.4 Å². The molecule has 0 aliphatic heterocycles. The summed E-state index contributed by atoms with van der Waals surface area (Å²) in [5.74, 6) is -3.97. The number of para-hydroxylation sites is 1. The van der Waals surface area contributed by atoms with E-state index in [1.54, 1.807) is 44.2 Å². The number of aliphatic carboxylic acids is 1. The molecule has 2 N–H and O–H groups in total. The van der Waals surface area contributed by atoms with Crippen molar-refractivity contribution in [3.05, 3.63) is 46.4 Å². The molecule has 0 aliphatic carbocycles. The number of alkyl halides is 1. The number of carbonyl (C=O) groups excluding carboxylic acids is 3. The van der Waals surface area contributed by atoms with Crippen LogP contribution in [0.4, 0.5) is 9.18 Å². The maximum Gasteiger partial charge on any atom is 0.419 e. The third-order valence-corrected chi connectivity index (χ3v) is 5.93. The van der Waals surface area contributed by atoms with Crippen molar-refractivity contribution >= 4 is 68.8 Å². The third kappa shape index (κ3) is 5.15. The molecule has 2 atom stereocenters. The fourth-order valence-corrected chi connectivity index (χ4v) is 3.90. The molecule has 34 heavy (non-hydrogen) atoms. The number of carboxylic acid groups (broad SMARTS) is 1. The van der Waals surface area contributed by atoms with Gasteiger partial charge in [0.25, 0.3) is 5.91 Å². The number of benzene rings is 2. The molecular formula is C23H21Cl2FN2O6. The van der Waals surface area contributed by atoms with E-state index in [1.807, 2.05) is 0 Å². The Kier molecular flexibility index (Phi) is 7.78. The predicted octanol–water partition coefficient (Wildman–Crippen LogP) is 4.61. The second-order valence-corrected chi connectivity index (χ2v) is 8.76. The number of halogens is 3. The van der Waals surface area contributed by atoms with E-state index in [0.29, 0.717) is 26.8 Å². The van der Waals surface area contributed by atoms with Crippen molar-refractivity contribution in [3.63, 3.8) is 0 Å². The topological polar surface area (TPSA) is 115 Å². The number of hydrogen-bond acceptors (Lipinski definition) is 5. The Labute approximate surface area is 203 Å². The lowest BCUT2D eigenvalue weighted by molar-refractivity contribution is -0.141. The Morgan fingerprint density at radius 3 is 2.32 bits per heavy atom. The van der Waals surface area contributed by atoms with Crippen LogP contribution in [0.1, 0.15) is 20.3 Å². The summed E-state index contributed by atoms with van der Waals surface area (Å²) in [4.78, 5) is 48.9. The Morgan fingerprint density at radius 1 is 1.06 bits per heavy atom. The Hall–Kier alpha value is -3.17. The number of hydrogen-bond donors (Lipinski definition) is 2. The zero-order chi connectivity index (χ0) is 25.2. The van der Waals surface area contributed by atoms with Crippen LogP contribution in [-0.2, 0) is 19.1 Å². The number of rotatable bonds is 8. The molecule has 0 saturated heterocycles. The zero-order valence-electron chi connectivity index (χ0n) is 18.2. The number of ether oxygens (including phenoxy) is 1. The predicted molar refractivity (Wildman–Crippen MR) is 125 cm³/mol. The van der Waals surface area contributed by atoms with Gasteiger partial charge in [0.1, 0.15) is 12.7 Å². The summed E-state index contributed by atoms with van der Waals surface area (Å²) in [6, 6.07) is 8.52. The number of carbonyl (C=O) groups is 4. The largest absolute Gasteiger partial charge is 0.481 e. The lowest BCUT2D eigenvalue weighted by atomic mass is 10.0. The SMILES string of the molecule is CC(C)[C@H](OC(=O)n1c2ccccc2c2cc(Cl)c(Cl)cc21)C(=O)NC(CC(=O)O)C(=O)CF. The van der Waals surface area contributed by atoms with E-state index >= 15 is 0 Å². The highest BCUT2D eigenvalue weighted by Crippen LogP contribution is 2.35. The minimum Gasteiger partial charge on any atom is -0.481 e. The summed E-state index contributed by atoms with van der Waals surface area (Å²) in [5, 5.41) is 13.0. The average Bonchev–Trinajstić information content (AvgIpc) is 3.09. The molecule has 0 bridgehead atoms. The summed E-state index contributed by atoms with van der Waals surface area (Å²) < 4.78 is 19.6. The molecule has 11 heteroatoms. The van der Waals surface area contributed by atoms with Crippen molar-refractivity contribution in [3.8, 4) is 0 Å². The number of nitrogens with zero attached hydrogens (tertiary/aromatic N) is 1. The highest BCUT2D eigenvalue weighted by atomic mass is 35.5. The van der Waals surface area contributed by atoms with Gasteiger partial charge < -0.3 is 15.2 Å². The number of carboxylic acids is 1. The lowest BCUT2D eigenvalue weighted by Crippen LogP contribution is -2.49. The minimum absolute atomic E-state index is 0.213. The van der Waals surface area contributed by atoms with Gasteiger partial charge in [-0.25, -0.2) is 13.8 Å². The monoisotopic (exact) mass is 510 g/mol. The van der Waals surface area contributed by atoms with Crippen LogP contribution in [0, 0.1) is 5.92 Å². The van der Waals surface area contributed by atoms with Crippen LogP contribution in [0.25, 0.3) is 21.8 Å². The molecule has 3 aromatic rings. The minimum atomic E-state index is -1.59. The molecule has 8 nitrogen and oxygen atoms in total. The molecule has 0 spiro atoms. The fraction of sp³-hybridized carbons (Fsp3) is 0.304. The molecule has 1 heterocycles. The summed E-state index contributed by atoms with van der Waals surface area (Å²) in [5.41, 5.74) is 0.889. The van der Waals surface area contributed by atoms with Gasteiger partial charge >= 0.3 is 12.1 Å². The molecule has 2 aromatic carbocycles. The van der Waals surface area contributed by atoms with Gasteiger partial charge in [-0.05, 0) is 24.1 Å². The van der Waals surface area contributed by atoms with Crippen molar-refractivity contribution in [2.75, 3.05) is 6.67 Å². The van der Waals surface area contributed by atoms with Crippen molar-refractivity contribution in [2.24, 2.45) is 5.92 Å². The van der Waals surface area contributed by atoms with Crippen LogP contribution in [0.5, 0.6) is 0 Å². The van der Waals surface area contributed by atoms with Gasteiger partial charge in [0.05, 0.1) is 27.5 Å². The van der Waals surface area contributed by atoms with E-state index in [2.05, 4.69) is 5.32 Å². The maximum atomic E-state index is 13.3. The standard InChI is InChI=1S/C23H21Cl2FN2O6/c1-11(2)21(22(32)27-16(9-20(30)31)19(29)10-26)34-23(33)28-17-6-4-3-5-12(17)13-7-14(24)15(25)8-18(13)28/h3-8,11,16,21H,9-10H2,1-2H3,(H,27,32)(H,30,31)/t16?,21-/m0/s1. The van der Waals surface area contributed by atoms with E-state index in [-0.39, 0.29) is 5.02 Å². The van der Waals surface area contributed by atoms with E-state index in [1.165, 1.54) is 10.6 Å². The van der Waals surface area contributed by atoms with Gasteiger partial charge in [0.2, 0.25) is 0 Å². The maximum absolute atomic E-state index is 13.3. The molecular weight excluding hydrogens is 490 g/mol. The summed E-state index contributed by atoms with van der Waals surface area (Å²) in [7, 11) is 0. The Balaban J connectivity index is 1.97. The molecule has 180 valence electrons. The third-order valence-electron chi connectivity index (χ3n) is 5.20. The van der Waals surface area contributed by atoms with E-state index in [9.17, 15) is 23.6 Å². The molecule has 0 radical (unpaired) electrons.